The first-order chi connectivity index (χ1) is 7.77. The summed E-state index contributed by atoms with van der Waals surface area (Å²) in [7, 11) is 0. The molecule has 0 saturated heterocycles. The van der Waals surface area contributed by atoms with Crippen LogP contribution in [-0.4, -0.2) is 10.8 Å². The molecule has 2 fully saturated rings. The van der Waals surface area contributed by atoms with E-state index in [1.807, 2.05) is 0 Å². The van der Waals surface area contributed by atoms with E-state index < -0.39 is 0 Å². The Morgan fingerprint density at radius 2 is 1.56 bits per heavy atom. The van der Waals surface area contributed by atoms with Crippen molar-refractivity contribution < 1.29 is 0 Å². The minimum atomic E-state index is 0.297. The molecule has 88 valence electrons. The van der Waals surface area contributed by atoms with E-state index in [0.717, 1.165) is 6.42 Å². The molecule has 0 amide bonds. The summed E-state index contributed by atoms with van der Waals surface area (Å²) in [6.45, 7) is 0. The number of hydrogen-bond acceptors (Lipinski definition) is 1. The molecule has 2 nitrogen and oxygen atoms in total. The van der Waals surface area contributed by atoms with Crippen LogP contribution in [0, 0.1) is 0 Å². The van der Waals surface area contributed by atoms with Gasteiger partial charge in [0.05, 0.1) is 0 Å². The normalized spacial score (nSPS) is 24.9. The first-order valence-corrected chi connectivity index (χ1v) is 6.76. The summed E-state index contributed by atoms with van der Waals surface area (Å²) in [6.07, 6.45) is 11.4. The van der Waals surface area contributed by atoms with Gasteiger partial charge >= 0.3 is 0 Å². The highest BCUT2D eigenvalue weighted by atomic mass is 32.1. The van der Waals surface area contributed by atoms with Gasteiger partial charge in [-0.2, -0.15) is 0 Å². The average molecular weight is 236 g/mol. The van der Waals surface area contributed by atoms with Crippen molar-refractivity contribution in [1.29, 1.82) is 0 Å². The van der Waals surface area contributed by atoms with Crippen LogP contribution in [0.3, 0.4) is 0 Å². The van der Waals surface area contributed by atoms with E-state index in [0.29, 0.717) is 5.11 Å². The molecule has 0 aromatic carbocycles. The van der Waals surface area contributed by atoms with E-state index in [4.69, 9.17) is 18.0 Å². The first kappa shape index (κ1) is 11.8. The zero-order valence-electron chi connectivity index (χ0n) is 9.80. The summed E-state index contributed by atoms with van der Waals surface area (Å²) in [4.78, 5) is 4.36. The van der Waals surface area contributed by atoms with Gasteiger partial charge in [0.25, 0.3) is 0 Å². The second-order valence-electron chi connectivity index (χ2n) is 4.75. The predicted molar refractivity (Wildman–Crippen MR) is 72.8 cm³/mol. The van der Waals surface area contributed by atoms with Crippen molar-refractivity contribution in [3.05, 3.63) is 11.1 Å². The molecule has 0 aromatic rings. The Morgan fingerprint density at radius 1 is 0.938 bits per heavy atom. The second-order valence-corrected chi connectivity index (χ2v) is 5.16. The van der Waals surface area contributed by atoms with E-state index in [1.54, 1.807) is 5.57 Å². The summed E-state index contributed by atoms with van der Waals surface area (Å²) >= 11 is 4.90. The summed E-state index contributed by atoms with van der Waals surface area (Å²) < 4.78 is 0. The summed E-state index contributed by atoms with van der Waals surface area (Å²) in [5.74, 6) is 0. The van der Waals surface area contributed by atoms with E-state index in [-0.39, 0.29) is 0 Å². The molecule has 2 rings (SSSR count). The van der Waals surface area contributed by atoms with Gasteiger partial charge in [-0.05, 0) is 69.2 Å². The molecule has 0 atom stereocenters. The molecule has 0 unspecified atom stereocenters. The van der Waals surface area contributed by atoms with Gasteiger partial charge < -0.3 is 5.73 Å². The molecule has 0 spiro atoms. The zero-order valence-corrected chi connectivity index (χ0v) is 10.6. The van der Waals surface area contributed by atoms with Crippen LogP contribution in [0.4, 0.5) is 0 Å². The van der Waals surface area contributed by atoms with E-state index in [1.165, 1.54) is 62.7 Å². The van der Waals surface area contributed by atoms with Crippen molar-refractivity contribution in [2.24, 2.45) is 10.7 Å². The Bertz CT molecular complexity index is 334. The molecule has 2 saturated carbocycles. The quantitative estimate of drug-likeness (QED) is 0.654. The van der Waals surface area contributed by atoms with Crippen LogP contribution in [0.2, 0.25) is 0 Å². The maximum atomic E-state index is 5.54. The summed E-state index contributed by atoms with van der Waals surface area (Å²) in [5, 5.41) is 0.297. The lowest BCUT2D eigenvalue weighted by Crippen LogP contribution is -2.17. The lowest BCUT2D eigenvalue weighted by Gasteiger charge is -2.24. The summed E-state index contributed by atoms with van der Waals surface area (Å²) in [5.41, 5.74) is 9.87. The topological polar surface area (TPSA) is 38.4 Å². The van der Waals surface area contributed by atoms with Crippen LogP contribution < -0.4 is 5.73 Å². The third kappa shape index (κ3) is 2.91. The lowest BCUT2D eigenvalue weighted by atomic mass is 9.83. The van der Waals surface area contributed by atoms with Crippen LogP contribution in [0.5, 0.6) is 0 Å². The van der Waals surface area contributed by atoms with Crippen molar-refractivity contribution >= 4 is 23.0 Å². The van der Waals surface area contributed by atoms with Crippen LogP contribution >= 0.6 is 12.2 Å². The van der Waals surface area contributed by atoms with Gasteiger partial charge in [-0.1, -0.05) is 12.0 Å². The van der Waals surface area contributed by atoms with Gasteiger partial charge in [0.15, 0.2) is 5.11 Å². The molecule has 0 radical (unpaired) electrons. The molecule has 0 bridgehead atoms. The number of aliphatic imine (C=N–C) groups is 1. The number of hydrogen-bond donors (Lipinski definition) is 1. The Kier molecular flexibility index (Phi) is 4.10. The molecule has 0 heterocycles. The number of nitrogens with two attached hydrogens (primary N) is 1. The zero-order chi connectivity index (χ0) is 11.4. The molecule has 0 aromatic heterocycles. The maximum Gasteiger partial charge on any atom is 0.190 e. The molecule has 2 N–H and O–H groups in total. The first-order valence-electron chi connectivity index (χ1n) is 6.35. The highest BCUT2D eigenvalue weighted by molar-refractivity contribution is 7.80. The molecule has 16 heavy (non-hydrogen) atoms. The molecule has 2 aliphatic rings. The van der Waals surface area contributed by atoms with Crippen LogP contribution in [-0.2, 0) is 0 Å². The van der Waals surface area contributed by atoms with Crippen LogP contribution in [0.1, 0.15) is 57.8 Å². The number of nitrogens with zero attached hydrogens (tertiary/aromatic N) is 1. The fourth-order valence-corrected chi connectivity index (χ4v) is 2.92. The average Bonchev–Trinajstić information content (AvgIpc) is 2.30. The Balaban J connectivity index is 2.24. The Morgan fingerprint density at radius 3 is 2.25 bits per heavy atom. The maximum absolute atomic E-state index is 5.54. The Hall–Kier alpha value is -0.700. The standard InChI is InChI=1S/C13H20N2S/c14-13(16)15-12-9-5-4-8-11(12)10-6-2-1-3-7-10/h1-9H2,(H2,14,16). The Labute approximate surface area is 103 Å². The highest BCUT2D eigenvalue weighted by Crippen LogP contribution is 2.32. The SMILES string of the molecule is NC(=S)N=C1CCCCC1=C1CCCCC1. The fourth-order valence-electron chi connectivity index (χ4n) is 2.81. The molecule has 2 aliphatic carbocycles. The van der Waals surface area contributed by atoms with E-state index in [9.17, 15) is 0 Å². The highest BCUT2D eigenvalue weighted by Gasteiger charge is 2.19. The van der Waals surface area contributed by atoms with Crippen molar-refractivity contribution in [1.82, 2.24) is 0 Å². The van der Waals surface area contributed by atoms with Gasteiger partial charge in [-0.3, -0.25) is 0 Å². The fraction of sp³-hybridized carbons (Fsp3) is 0.692. The van der Waals surface area contributed by atoms with Crippen molar-refractivity contribution in [3.8, 4) is 0 Å². The van der Waals surface area contributed by atoms with Gasteiger partial charge in [0, 0.05) is 5.71 Å². The molecular weight excluding hydrogens is 216 g/mol. The molecular formula is C13H20N2S. The smallest absolute Gasteiger partial charge is 0.190 e. The minimum absolute atomic E-state index is 0.297. The van der Waals surface area contributed by atoms with Gasteiger partial charge in [0.1, 0.15) is 0 Å². The van der Waals surface area contributed by atoms with Crippen LogP contribution in [0.25, 0.3) is 0 Å². The van der Waals surface area contributed by atoms with Gasteiger partial charge in [-0.25, -0.2) is 4.99 Å². The lowest BCUT2D eigenvalue weighted by molar-refractivity contribution is 0.587. The van der Waals surface area contributed by atoms with Crippen molar-refractivity contribution in [2.45, 2.75) is 57.8 Å². The van der Waals surface area contributed by atoms with E-state index in [2.05, 4.69) is 4.99 Å². The molecule has 0 aliphatic heterocycles. The minimum Gasteiger partial charge on any atom is -0.374 e. The monoisotopic (exact) mass is 236 g/mol. The summed E-state index contributed by atoms with van der Waals surface area (Å²) in [6, 6.07) is 0. The molecule has 3 heteroatoms. The largest absolute Gasteiger partial charge is 0.374 e. The predicted octanol–water partition coefficient (Wildman–Crippen LogP) is 3.51. The number of rotatable bonds is 0. The van der Waals surface area contributed by atoms with E-state index >= 15 is 0 Å². The number of allylic oxidation sites excluding steroid dienone is 2. The third-order valence-electron chi connectivity index (χ3n) is 3.57. The second kappa shape index (κ2) is 5.58. The van der Waals surface area contributed by atoms with Gasteiger partial charge in [0.2, 0.25) is 0 Å². The van der Waals surface area contributed by atoms with Crippen molar-refractivity contribution in [3.63, 3.8) is 0 Å². The van der Waals surface area contributed by atoms with Crippen LogP contribution in [0.15, 0.2) is 16.1 Å². The van der Waals surface area contributed by atoms with Gasteiger partial charge in [-0.15, -0.1) is 0 Å². The number of thiocarbonyl (C=S) groups is 1. The third-order valence-corrected chi connectivity index (χ3v) is 3.66. The van der Waals surface area contributed by atoms with Crippen molar-refractivity contribution in [2.75, 3.05) is 0 Å².